The average Bonchev–Trinajstić information content (AvgIpc) is 2.63. The number of esters is 1. The number of hydrogen-bond acceptors (Lipinski definition) is 5. The third kappa shape index (κ3) is 5.17. The van der Waals surface area contributed by atoms with Crippen LogP contribution in [0.2, 0.25) is 0 Å². The van der Waals surface area contributed by atoms with Crippen LogP contribution in [-0.4, -0.2) is 44.8 Å². The molecule has 0 aromatic heterocycles. The van der Waals surface area contributed by atoms with Crippen molar-refractivity contribution >= 4 is 27.6 Å². The largest absolute Gasteiger partial charge is 0.452 e. The molecule has 2 unspecified atom stereocenters. The zero-order valence-electron chi connectivity index (χ0n) is 16.1. The van der Waals surface area contributed by atoms with Crippen LogP contribution in [0.4, 0.5) is 5.69 Å². The second-order valence-corrected chi connectivity index (χ2v) is 8.97. The number of carbonyl (C=O) groups excluding carboxylic acids is 2. The van der Waals surface area contributed by atoms with Gasteiger partial charge in [-0.1, -0.05) is 18.2 Å². The Morgan fingerprint density at radius 1 is 1.26 bits per heavy atom. The lowest BCUT2D eigenvalue weighted by Crippen LogP contribution is -2.32. The van der Waals surface area contributed by atoms with E-state index >= 15 is 0 Å². The Morgan fingerprint density at radius 2 is 1.96 bits per heavy atom. The first-order valence-electron chi connectivity index (χ1n) is 8.82. The maximum atomic E-state index is 12.4. The van der Waals surface area contributed by atoms with Crippen molar-refractivity contribution in [2.24, 2.45) is 5.92 Å². The molecule has 2 rings (SSSR count). The molecule has 148 valence electrons. The summed E-state index contributed by atoms with van der Waals surface area (Å²) >= 11 is 0. The van der Waals surface area contributed by atoms with Crippen molar-refractivity contribution in [2.75, 3.05) is 19.4 Å². The molecule has 0 radical (unpaired) electrons. The van der Waals surface area contributed by atoms with E-state index in [1.54, 1.807) is 13.0 Å². The predicted octanol–water partition coefficient (Wildman–Crippen LogP) is 2.47. The molecule has 0 fully saturated rings. The number of nitrogens with one attached hydrogen (secondary N) is 1. The number of rotatable bonds is 6. The van der Waals surface area contributed by atoms with Gasteiger partial charge < -0.3 is 10.1 Å². The van der Waals surface area contributed by atoms with Gasteiger partial charge in [0, 0.05) is 19.8 Å². The monoisotopic (exact) mass is 394 g/mol. The van der Waals surface area contributed by atoms with Crippen molar-refractivity contribution in [3.05, 3.63) is 35.9 Å². The van der Waals surface area contributed by atoms with E-state index in [1.165, 1.54) is 33.2 Å². The fourth-order valence-electron chi connectivity index (χ4n) is 2.67. The smallest absolute Gasteiger partial charge is 0.310 e. The molecule has 0 spiro atoms. The Morgan fingerprint density at radius 3 is 2.56 bits per heavy atom. The number of anilines is 1. The predicted molar refractivity (Wildman–Crippen MR) is 103 cm³/mol. The summed E-state index contributed by atoms with van der Waals surface area (Å²) in [6.45, 7) is 3.26. The van der Waals surface area contributed by atoms with Crippen molar-refractivity contribution in [3.8, 4) is 0 Å². The van der Waals surface area contributed by atoms with Gasteiger partial charge >= 0.3 is 5.97 Å². The molecule has 0 aliphatic heterocycles. The van der Waals surface area contributed by atoms with E-state index in [-0.39, 0.29) is 16.8 Å². The van der Waals surface area contributed by atoms with Crippen LogP contribution < -0.4 is 5.32 Å². The van der Waals surface area contributed by atoms with Gasteiger partial charge in [-0.05, 0) is 50.8 Å². The summed E-state index contributed by atoms with van der Waals surface area (Å²) in [5.74, 6) is -1.11. The van der Waals surface area contributed by atoms with Crippen LogP contribution >= 0.6 is 0 Å². The molecule has 0 heterocycles. The standard InChI is InChI=1S/C19H26N2O5S/c1-13-10-11-16(27(24,25)21(3)4)12-17(13)20-18(22)14(2)26-19(23)15-8-6-5-7-9-15/h5-6,10-12,14-15H,7-9H2,1-4H3,(H,20,22). The maximum absolute atomic E-state index is 12.4. The molecule has 1 aliphatic carbocycles. The highest BCUT2D eigenvalue weighted by Crippen LogP contribution is 2.23. The number of carbonyl (C=O) groups is 2. The van der Waals surface area contributed by atoms with Gasteiger partial charge in [0.05, 0.1) is 10.8 Å². The molecule has 0 saturated heterocycles. The first-order valence-corrected chi connectivity index (χ1v) is 10.3. The van der Waals surface area contributed by atoms with Gasteiger partial charge in [-0.3, -0.25) is 9.59 Å². The SMILES string of the molecule is Cc1ccc(S(=O)(=O)N(C)C)cc1NC(=O)C(C)OC(=O)C1CC=CCC1. The highest BCUT2D eigenvalue weighted by molar-refractivity contribution is 7.89. The molecular formula is C19H26N2O5S. The summed E-state index contributed by atoms with van der Waals surface area (Å²) in [6.07, 6.45) is 5.16. The van der Waals surface area contributed by atoms with E-state index in [0.29, 0.717) is 24.1 Å². The fourth-order valence-corrected chi connectivity index (χ4v) is 3.60. The van der Waals surface area contributed by atoms with Crippen LogP contribution in [0.15, 0.2) is 35.2 Å². The van der Waals surface area contributed by atoms with Gasteiger partial charge in [0.2, 0.25) is 10.0 Å². The Hall–Kier alpha value is -2.19. The molecular weight excluding hydrogens is 368 g/mol. The average molecular weight is 394 g/mol. The molecule has 2 atom stereocenters. The molecule has 0 saturated carbocycles. The van der Waals surface area contributed by atoms with Gasteiger partial charge in [-0.25, -0.2) is 12.7 Å². The van der Waals surface area contributed by atoms with E-state index in [9.17, 15) is 18.0 Å². The van der Waals surface area contributed by atoms with E-state index in [4.69, 9.17) is 4.74 Å². The number of benzene rings is 1. The summed E-state index contributed by atoms with van der Waals surface area (Å²) in [4.78, 5) is 24.7. The molecule has 8 heteroatoms. The minimum atomic E-state index is -3.62. The highest BCUT2D eigenvalue weighted by atomic mass is 32.2. The minimum absolute atomic E-state index is 0.0760. The van der Waals surface area contributed by atoms with Crippen LogP contribution in [0.5, 0.6) is 0 Å². The van der Waals surface area contributed by atoms with E-state index in [0.717, 1.165) is 10.7 Å². The first-order chi connectivity index (χ1) is 12.6. The van der Waals surface area contributed by atoms with E-state index in [1.807, 2.05) is 12.2 Å². The highest BCUT2D eigenvalue weighted by Gasteiger charge is 2.26. The lowest BCUT2D eigenvalue weighted by Gasteiger charge is -2.20. The normalized spacial score (nSPS) is 18.2. The van der Waals surface area contributed by atoms with Crippen molar-refractivity contribution in [1.82, 2.24) is 4.31 Å². The van der Waals surface area contributed by atoms with Crippen molar-refractivity contribution < 1.29 is 22.7 Å². The third-order valence-electron chi connectivity index (χ3n) is 4.51. The number of hydrogen-bond donors (Lipinski definition) is 1. The molecule has 27 heavy (non-hydrogen) atoms. The molecule has 0 bridgehead atoms. The summed E-state index contributed by atoms with van der Waals surface area (Å²) in [5.41, 5.74) is 1.07. The topological polar surface area (TPSA) is 92.8 Å². The van der Waals surface area contributed by atoms with Crippen LogP contribution in [-0.2, 0) is 24.3 Å². The van der Waals surface area contributed by atoms with E-state index in [2.05, 4.69) is 5.32 Å². The summed E-state index contributed by atoms with van der Waals surface area (Å²) in [5, 5.41) is 2.66. The number of ether oxygens (including phenoxy) is 1. The Bertz CT molecular complexity index is 846. The molecule has 1 aromatic rings. The van der Waals surface area contributed by atoms with Gasteiger partial charge in [-0.15, -0.1) is 0 Å². The Kier molecular flexibility index (Phi) is 6.78. The molecule has 1 N–H and O–H groups in total. The van der Waals surface area contributed by atoms with E-state index < -0.39 is 22.0 Å². The van der Waals surface area contributed by atoms with Crippen molar-refractivity contribution in [1.29, 1.82) is 0 Å². The fraction of sp³-hybridized carbons (Fsp3) is 0.474. The van der Waals surface area contributed by atoms with Crippen LogP contribution in [0.3, 0.4) is 0 Å². The number of amides is 1. The third-order valence-corrected chi connectivity index (χ3v) is 6.32. The Balaban J connectivity index is 2.08. The van der Waals surface area contributed by atoms with Gasteiger partial charge in [0.15, 0.2) is 6.10 Å². The van der Waals surface area contributed by atoms with Gasteiger partial charge in [0.25, 0.3) is 5.91 Å². The second-order valence-electron chi connectivity index (χ2n) is 6.81. The molecule has 1 amide bonds. The number of allylic oxidation sites excluding steroid dienone is 2. The van der Waals surface area contributed by atoms with Gasteiger partial charge in [-0.2, -0.15) is 0 Å². The lowest BCUT2D eigenvalue weighted by molar-refractivity contribution is -0.157. The lowest BCUT2D eigenvalue weighted by atomic mass is 9.95. The van der Waals surface area contributed by atoms with Crippen LogP contribution in [0.25, 0.3) is 0 Å². The van der Waals surface area contributed by atoms with Crippen LogP contribution in [0, 0.1) is 12.8 Å². The molecule has 1 aliphatic rings. The van der Waals surface area contributed by atoms with Crippen LogP contribution in [0.1, 0.15) is 31.7 Å². The summed E-state index contributed by atoms with van der Waals surface area (Å²) < 4.78 is 30.9. The number of nitrogens with zero attached hydrogens (tertiary/aromatic N) is 1. The number of sulfonamides is 1. The summed E-state index contributed by atoms with van der Waals surface area (Å²) in [6, 6.07) is 4.51. The molecule has 7 nitrogen and oxygen atoms in total. The Labute approximate surface area is 160 Å². The molecule has 1 aromatic carbocycles. The van der Waals surface area contributed by atoms with Crippen molar-refractivity contribution in [3.63, 3.8) is 0 Å². The van der Waals surface area contributed by atoms with Crippen molar-refractivity contribution in [2.45, 2.75) is 44.1 Å². The van der Waals surface area contributed by atoms with Gasteiger partial charge in [0.1, 0.15) is 0 Å². The second kappa shape index (κ2) is 8.67. The zero-order chi connectivity index (χ0) is 20.2. The quantitative estimate of drug-likeness (QED) is 0.591. The zero-order valence-corrected chi connectivity index (χ0v) is 16.9. The minimum Gasteiger partial charge on any atom is -0.452 e. The summed E-state index contributed by atoms with van der Waals surface area (Å²) in [7, 11) is -0.736. The first kappa shape index (κ1) is 21.1. The number of aryl methyl sites for hydroxylation is 1. The maximum Gasteiger partial charge on any atom is 0.310 e.